The minimum atomic E-state index is -1.36. The predicted molar refractivity (Wildman–Crippen MR) is 77.3 cm³/mol. The molecule has 11 nitrogen and oxygen atoms in total. The minimum absolute atomic E-state index is 0.104. The first-order valence-electron chi connectivity index (χ1n) is 6.60. The molecule has 0 spiro atoms. The van der Waals surface area contributed by atoms with E-state index >= 15 is 0 Å². The number of nitrogens with two attached hydrogens (primary N) is 2. The average Bonchev–Trinajstić information content (AvgIpc) is 3.11. The molecule has 1 aromatic rings. The number of esters is 1. The van der Waals surface area contributed by atoms with E-state index in [0.717, 1.165) is 11.0 Å². The molecule has 0 bridgehead atoms. The normalized spacial score (nSPS) is 28.5. The van der Waals surface area contributed by atoms with Crippen LogP contribution < -0.4 is 11.5 Å². The van der Waals surface area contributed by atoms with Crippen molar-refractivity contribution in [2.75, 3.05) is 12.4 Å². The lowest BCUT2D eigenvalue weighted by molar-refractivity contribution is -0.151. The maximum Gasteiger partial charge on any atom is 0.323 e. The molecule has 0 unspecified atom stereocenters. The summed E-state index contributed by atoms with van der Waals surface area (Å²) in [6.45, 7) is -0.313. The first-order valence-corrected chi connectivity index (χ1v) is 7.24. The molecule has 2 rings (SSSR count). The van der Waals surface area contributed by atoms with Crippen LogP contribution in [0.1, 0.15) is 16.8 Å². The fourth-order valence-corrected chi connectivity index (χ4v) is 2.09. The molecule has 1 fully saturated rings. The van der Waals surface area contributed by atoms with Gasteiger partial charge in [0.05, 0.1) is 0 Å². The molecule has 128 valence electrons. The Labute approximate surface area is 136 Å². The van der Waals surface area contributed by atoms with Gasteiger partial charge in [-0.1, -0.05) is 0 Å². The van der Waals surface area contributed by atoms with Crippen molar-refractivity contribution in [3.63, 3.8) is 0 Å². The Balaban J connectivity index is 2.00. The van der Waals surface area contributed by atoms with Gasteiger partial charge in [0.2, 0.25) is 5.82 Å². The highest BCUT2D eigenvalue weighted by Gasteiger charge is 2.45. The third-order valence-corrected chi connectivity index (χ3v) is 3.61. The van der Waals surface area contributed by atoms with E-state index in [4.69, 9.17) is 20.9 Å². The van der Waals surface area contributed by atoms with Gasteiger partial charge in [-0.3, -0.25) is 9.59 Å². The van der Waals surface area contributed by atoms with E-state index in [1.165, 1.54) is 0 Å². The number of carbonyl (C=O) groups is 2. The molecule has 1 aromatic heterocycles. The number of rotatable bonds is 6. The van der Waals surface area contributed by atoms with Crippen molar-refractivity contribution in [3.8, 4) is 0 Å². The van der Waals surface area contributed by atoms with E-state index in [-0.39, 0.29) is 18.2 Å². The van der Waals surface area contributed by atoms with Gasteiger partial charge in [0.25, 0.3) is 5.91 Å². The second kappa shape index (κ2) is 7.23. The fraction of sp³-hybridized carbons (Fsp3) is 0.636. The largest absolute Gasteiger partial charge is 0.462 e. The number of thiol groups is 1. The summed E-state index contributed by atoms with van der Waals surface area (Å²) in [5, 5.41) is 23.7. The molecule has 0 aromatic carbocycles. The van der Waals surface area contributed by atoms with E-state index in [9.17, 15) is 19.8 Å². The van der Waals surface area contributed by atoms with Crippen LogP contribution >= 0.6 is 12.6 Å². The van der Waals surface area contributed by atoms with E-state index in [0.29, 0.717) is 0 Å². The van der Waals surface area contributed by atoms with Gasteiger partial charge in [0.1, 0.15) is 37.3 Å². The quantitative estimate of drug-likeness (QED) is 0.262. The van der Waals surface area contributed by atoms with Crippen molar-refractivity contribution < 1.29 is 29.3 Å². The standard InChI is InChI=1S/C11H17N5O6S/c12-4(2-23)11(20)21-1-5-6(17)7(18)10(22-5)16-3-14-9(15-16)8(13)19/h3-7,10,17-18,23H,1-2,12H2,(H2,13,19)/t4-,5+,6+,7+,10+/m0/s1. The van der Waals surface area contributed by atoms with Gasteiger partial charge >= 0.3 is 5.97 Å². The van der Waals surface area contributed by atoms with Crippen LogP contribution in [0.3, 0.4) is 0 Å². The smallest absolute Gasteiger partial charge is 0.323 e. The van der Waals surface area contributed by atoms with Crippen molar-refractivity contribution in [1.29, 1.82) is 0 Å². The van der Waals surface area contributed by atoms with Crippen molar-refractivity contribution in [2.24, 2.45) is 11.5 Å². The lowest BCUT2D eigenvalue weighted by Gasteiger charge is -2.16. The van der Waals surface area contributed by atoms with Crippen LogP contribution in [0, 0.1) is 0 Å². The maximum atomic E-state index is 11.5. The number of ether oxygens (including phenoxy) is 2. The molecular weight excluding hydrogens is 330 g/mol. The van der Waals surface area contributed by atoms with Crippen LogP contribution in [0.15, 0.2) is 6.33 Å². The molecule has 5 atom stereocenters. The van der Waals surface area contributed by atoms with Gasteiger partial charge in [0.15, 0.2) is 6.23 Å². The average molecular weight is 347 g/mol. The molecular formula is C11H17N5O6S. The van der Waals surface area contributed by atoms with E-state index in [2.05, 4.69) is 22.7 Å². The Kier molecular flexibility index (Phi) is 5.54. The van der Waals surface area contributed by atoms with Gasteiger partial charge in [-0.15, -0.1) is 5.10 Å². The first kappa shape index (κ1) is 17.6. The van der Waals surface area contributed by atoms with Gasteiger partial charge < -0.3 is 31.2 Å². The molecule has 1 saturated heterocycles. The molecule has 1 aliphatic heterocycles. The SMILES string of the molecule is NC(=O)c1ncn([C@@H]2O[C@H](COC(=O)[C@@H](N)CS)[C@@H](O)[C@H]2O)n1. The zero-order chi connectivity index (χ0) is 17.1. The Hall–Kier alpha value is -1.73. The monoisotopic (exact) mass is 347 g/mol. The van der Waals surface area contributed by atoms with Gasteiger partial charge in [-0.05, 0) is 0 Å². The summed E-state index contributed by atoms with van der Waals surface area (Å²) in [6.07, 6.45) is -3.66. The number of aliphatic hydroxyl groups is 2. The highest BCUT2D eigenvalue weighted by molar-refractivity contribution is 7.80. The summed E-state index contributed by atoms with van der Waals surface area (Å²) in [6, 6.07) is -0.897. The number of aliphatic hydroxyl groups excluding tert-OH is 2. The summed E-state index contributed by atoms with van der Waals surface area (Å²) in [4.78, 5) is 26.1. The molecule has 1 amide bonds. The van der Waals surface area contributed by atoms with E-state index in [1.807, 2.05) is 0 Å². The third kappa shape index (κ3) is 3.79. The number of carbonyl (C=O) groups excluding carboxylic acids is 2. The molecule has 6 N–H and O–H groups in total. The highest BCUT2D eigenvalue weighted by atomic mass is 32.1. The number of aromatic nitrogens is 3. The Morgan fingerprint density at radius 2 is 2.17 bits per heavy atom. The minimum Gasteiger partial charge on any atom is -0.462 e. The maximum absolute atomic E-state index is 11.5. The van der Waals surface area contributed by atoms with Gasteiger partial charge in [-0.2, -0.15) is 12.6 Å². The lowest BCUT2D eigenvalue weighted by atomic mass is 10.1. The summed E-state index contributed by atoms with van der Waals surface area (Å²) in [5.74, 6) is -1.70. The van der Waals surface area contributed by atoms with Crippen LogP contribution in [0.25, 0.3) is 0 Å². The summed E-state index contributed by atoms with van der Waals surface area (Å²) in [5.41, 5.74) is 10.5. The summed E-state index contributed by atoms with van der Waals surface area (Å²) in [7, 11) is 0. The van der Waals surface area contributed by atoms with Crippen molar-refractivity contribution in [1.82, 2.24) is 14.8 Å². The van der Waals surface area contributed by atoms with E-state index < -0.39 is 42.5 Å². The molecule has 2 heterocycles. The molecule has 1 aliphatic rings. The molecule has 0 saturated carbocycles. The number of primary amides is 1. The van der Waals surface area contributed by atoms with Crippen LogP contribution in [0.4, 0.5) is 0 Å². The lowest BCUT2D eigenvalue weighted by Crippen LogP contribution is -2.38. The number of hydrogen-bond acceptors (Lipinski definition) is 10. The first-order chi connectivity index (χ1) is 10.8. The molecule has 0 radical (unpaired) electrons. The summed E-state index contributed by atoms with van der Waals surface area (Å²) >= 11 is 3.87. The van der Waals surface area contributed by atoms with Crippen molar-refractivity contribution in [3.05, 3.63) is 12.2 Å². The van der Waals surface area contributed by atoms with Crippen molar-refractivity contribution >= 4 is 24.5 Å². The molecule has 0 aliphatic carbocycles. The van der Waals surface area contributed by atoms with Gasteiger partial charge in [-0.25, -0.2) is 9.67 Å². The Bertz CT molecular complexity index is 583. The van der Waals surface area contributed by atoms with Crippen LogP contribution in [-0.4, -0.2) is 73.6 Å². The predicted octanol–water partition coefficient (Wildman–Crippen LogP) is -3.20. The number of nitrogens with zero attached hydrogens (tertiary/aromatic N) is 3. The van der Waals surface area contributed by atoms with Crippen LogP contribution in [0.5, 0.6) is 0 Å². The van der Waals surface area contributed by atoms with Crippen molar-refractivity contribution in [2.45, 2.75) is 30.6 Å². The zero-order valence-corrected chi connectivity index (χ0v) is 12.7. The van der Waals surface area contributed by atoms with Crippen LogP contribution in [-0.2, 0) is 14.3 Å². The summed E-state index contributed by atoms with van der Waals surface area (Å²) < 4.78 is 11.3. The van der Waals surface area contributed by atoms with Crippen LogP contribution in [0.2, 0.25) is 0 Å². The molecule has 12 heteroatoms. The Morgan fingerprint density at radius 1 is 1.48 bits per heavy atom. The molecule has 23 heavy (non-hydrogen) atoms. The topological polar surface area (TPSA) is 176 Å². The second-order valence-electron chi connectivity index (χ2n) is 4.88. The highest BCUT2D eigenvalue weighted by Crippen LogP contribution is 2.28. The number of amides is 1. The number of hydrogen-bond donors (Lipinski definition) is 5. The Morgan fingerprint density at radius 3 is 2.74 bits per heavy atom. The third-order valence-electron chi connectivity index (χ3n) is 3.22. The fourth-order valence-electron chi connectivity index (χ4n) is 1.94. The van der Waals surface area contributed by atoms with Gasteiger partial charge in [0, 0.05) is 5.75 Å². The second-order valence-corrected chi connectivity index (χ2v) is 5.24. The van der Waals surface area contributed by atoms with E-state index in [1.54, 1.807) is 0 Å². The zero-order valence-electron chi connectivity index (χ0n) is 11.8.